The molecule has 7 nitrogen and oxygen atoms in total. The van der Waals surface area contributed by atoms with Crippen LogP contribution in [0.3, 0.4) is 0 Å². The summed E-state index contributed by atoms with van der Waals surface area (Å²) in [6.45, 7) is 0. The van der Waals surface area contributed by atoms with Crippen molar-refractivity contribution in [2.75, 3.05) is 19.5 Å². The van der Waals surface area contributed by atoms with Crippen LogP contribution in [0.4, 0.5) is 5.69 Å². The third-order valence-electron chi connectivity index (χ3n) is 4.79. The quantitative estimate of drug-likeness (QED) is 0.571. The molecule has 0 aliphatic heterocycles. The van der Waals surface area contributed by atoms with Gasteiger partial charge in [0, 0.05) is 0 Å². The summed E-state index contributed by atoms with van der Waals surface area (Å²) in [5.74, 6) is 1.24. The molecule has 0 aliphatic carbocycles. The molecule has 158 valence electrons. The molecule has 3 rings (SSSR count). The lowest BCUT2D eigenvalue weighted by molar-refractivity contribution is -0.115. The van der Waals surface area contributed by atoms with Crippen molar-refractivity contribution in [3.05, 3.63) is 77.4 Å². The number of methoxy groups -OCH3 is 2. The number of hydrogen-bond donors (Lipinski definition) is 1. The minimum atomic E-state index is -0.232. The molecule has 0 atom stereocenters. The molecule has 7 heteroatoms. The largest absolute Gasteiger partial charge is 0.497 e. The second-order valence-corrected chi connectivity index (χ2v) is 6.97. The maximum atomic E-state index is 12.4. The first-order chi connectivity index (χ1) is 15.1. The van der Waals surface area contributed by atoms with Gasteiger partial charge in [-0.3, -0.25) is 9.78 Å². The van der Waals surface area contributed by atoms with Crippen LogP contribution in [0.1, 0.15) is 28.9 Å². The number of nitriles is 1. The van der Waals surface area contributed by atoms with Crippen molar-refractivity contribution >= 4 is 11.6 Å². The Kier molecular flexibility index (Phi) is 7.55. The summed E-state index contributed by atoms with van der Waals surface area (Å²) >= 11 is 0. The number of anilines is 1. The number of rotatable bonds is 9. The molecule has 0 spiro atoms. The number of ether oxygens (including phenoxy) is 2. The molecule has 3 aromatic rings. The fourth-order valence-electron chi connectivity index (χ4n) is 3.15. The van der Waals surface area contributed by atoms with Crippen molar-refractivity contribution in [3.8, 4) is 17.6 Å². The third kappa shape index (κ3) is 6.28. The van der Waals surface area contributed by atoms with E-state index in [4.69, 9.17) is 14.7 Å². The van der Waals surface area contributed by atoms with Crippen LogP contribution in [-0.4, -0.2) is 30.1 Å². The molecule has 1 aromatic heterocycles. The summed E-state index contributed by atoms with van der Waals surface area (Å²) < 4.78 is 10.7. The number of benzene rings is 2. The molecular weight excluding hydrogens is 392 g/mol. The van der Waals surface area contributed by atoms with Crippen LogP contribution in [0.2, 0.25) is 0 Å². The van der Waals surface area contributed by atoms with Crippen molar-refractivity contribution in [3.63, 3.8) is 0 Å². The normalized spacial score (nSPS) is 10.2. The van der Waals surface area contributed by atoms with E-state index in [1.54, 1.807) is 14.2 Å². The summed E-state index contributed by atoms with van der Waals surface area (Å²) in [7, 11) is 3.24. The van der Waals surface area contributed by atoms with E-state index >= 15 is 0 Å². The Morgan fingerprint density at radius 1 is 1.00 bits per heavy atom. The van der Waals surface area contributed by atoms with Crippen molar-refractivity contribution < 1.29 is 14.3 Å². The highest BCUT2D eigenvalue weighted by atomic mass is 16.5. The van der Waals surface area contributed by atoms with Crippen molar-refractivity contribution in [2.24, 2.45) is 0 Å². The van der Waals surface area contributed by atoms with Gasteiger partial charge in [-0.25, -0.2) is 4.98 Å². The molecule has 0 fully saturated rings. The van der Waals surface area contributed by atoms with Crippen LogP contribution in [0.15, 0.2) is 54.9 Å². The number of nitrogens with one attached hydrogen (secondary N) is 1. The molecule has 1 heterocycles. The number of hydrogen-bond acceptors (Lipinski definition) is 6. The van der Waals surface area contributed by atoms with Crippen LogP contribution in [0, 0.1) is 11.3 Å². The third-order valence-corrected chi connectivity index (χ3v) is 4.79. The zero-order valence-electron chi connectivity index (χ0n) is 17.6. The fraction of sp³-hybridized carbons (Fsp3) is 0.250. The van der Waals surface area contributed by atoms with Gasteiger partial charge in [0.15, 0.2) is 5.69 Å². The molecule has 0 saturated heterocycles. The molecule has 0 unspecified atom stereocenters. The van der Waals surface area contributed by atoms with Crippen molar-refractivity contribution in [1.29, 1.82) is 5.26 Å². The van der Waals surface area contributed by atoms with Gasteiger partial charge in [0.1, 0.15) is 17.6 Å². The smallest absolute Gasteiger partial charge is 0.230 e. The number of carbonyl (C=O) groups is 1. The monoisotopic (exact) mass is 416 g/mol. The Morgan fingerprint density at radius 3 is 2.39 bits per heavy atom. The predicted octanol–water partition coefficient (Wildman–Crippen LogP) is 3.72. The zero-order valence-corrected chi connectivity index (χ0v) is 17.6. The molecule has 2 aromatic carbocycles. The Labute approximate surface area is 181 Å². The van der Waals surface area contributed by atoms with Gasteiger partial charge in [-0.1, -0.05) is 18.2 Å². The molecule has 31 heavy (non-hydrogen) atoms. The van der Waals surface area contributed by atoms with Gasteiger partial charge in [0.2, 0.25) is 5.91 Å². The highest BCUT2D eigenvalue weighted by Gasteiger charge is 2.11. The standard InChI is InChI=1S/C24H24N4O3/c1-30-21-9-6-17(7-10-21)4-3-5-18-8-11-22(23(12-18)31-2)28-24(29)13-19-15-27-20(14-25)16-26-19/h6-12,15-16H,3-5,13H2,1-2H3,(H,28,29). The van der Waals surface area contributed by atoms with Crippen LogP contribution in [0.25, 0.3) is 0 Å². The first-order valence-electron chi connectivity index (χ1n) is 9.92. The van der Waals surface area contributed by atoms with E-state index in [1.807, 2.05) is 36.4 Å². The van der Waals surface area contributed by atoms with E-state index < -0.39 is 0 Å². The van der Waals surface area contributed by atoms with E-state index in [2.05, 4.69) is 27.4 Å². The SMILES string of the molecule is COc1ccc(CCCc2ccc(NC(=O)Cc3cnc(C#N)cn3)c(OC)c2)cc1. The first-order valence-corrected chi connectivity index (χ1v) is 9.92. The number of aryl methyl sites for hydroxylation is 2. The highest BCUT2D eigenvalue weighted by molar-refractivity contribution is 5.93. The summed E-state index contributed by atoms with van der Waals surface area (Å²) in [5, 5.41) is 11.6. The van der Waals surface area contributed by atoms with Gasteiger partial charge >= 0.3 is 0 Å². The lowest BCUT2D eigenvalue weighted by atomic mass is 10.0. The van der Waals surface area contributed by atoms with E-state index in [-0.39, 0.29) is 18.0 Å². The average Bonchev–Trinajstić information content (AvgIpc) is 2.81. The lowest BCUT2D eigenvalue weighted by Gasteiger charge is -2.12. The Hall–Kier alpha value is -3.92. The van der Waals surface area contributed by atoms with Crippen molar-refractivity contribution in [2.45, 2.75) is 25.7 Å². The van der Waals surface area contributed by atoms with Gasteiger partial charge in [0.25, 0.3) is 0 Å². The van der Waals surface area contributed by atoms with Gasteiger partial charge in [-0.2, -0.15) is 5.26 Å². The number of amides is 1. The first kappa shape index (κ1) is 21.8. The number of nitrogens with zero attached hydrogens (tertiary/aromatic N) is 3. The van der Waals surface area contributed by atoms with E-state index in [0.29, 0.717) is 17.1 Å². The maximum absolute atomic E-state index is 12.4. The predicted molar refractivity (Wildman–Crippen MR) is 117 cm³/mol. The summed E-state index contributed by atoms with van der Waals surface area (Å²) in [6.07, 6.45) is 5.71. The van der Waals surface area contributed by atoms with Gasteiger partial charge < -0.3 is 14.8 Å². The summed E-state index contributed by atoms with van der Waals surface area (Å²) in [6, 6.07) is 15.8. The molecule has 0 bridgehead atoms. The lowest BCUT2D eigenvalue weighted by Crippen LogP contribution is -2.16. The van der Waals surface area contributed by atoms with Crippen LogP contribution >= 0.6 is 0 Å². The van der Waals surface area contributed by atoms with Crippen LogP contribution in [0.5, 0.6) is 11.5 Å². The maximum Gasteiger partial charge on any atom is 0.230 e. The highest BCUT2D eigenvalue weighted by Crippen LogP contribution is 2.26. The molecule has 0 radical (unpaired) electrons. The van der Waals surface area contributed by atoms with Crippen LogP contribution in [-0.2, 0) is 24.1 Å². The number of aromatic nitrogens is 2. The molecular formula is C24H24N4O3. The van der Waals surface area contributed by atoms with Gasteiger partial charge in [-0.05, 0) is 54.7 Å². The minimum Gasteiger partial charge on any atom is -0.497 e. The van der Waals surface area contributed by atoms with Gasteiger partial charge in [-0.15, -0.1) is 0 Å². The van der Waals surface area contributed by atoms with E-state index in [9.17, 15) is 4.79 Å². The fourth-order valence-corrected chi connectivity index (χ4v) is 3.15. The molecule has 0 aliphatic rings. The zero-order chi connectivity index (χ0) is 22.1. The van der Waals surface area contributed by atoms with Crippen molar-refractivity contribution in [1.82, 2.24) is 9.97 Å². The topological polar surface area (TPSA) is 97.1 Å². The number of carbonyl (C=O) groups excluding carboxylic acids is 1. The molecule has 0 saturated carbocycles. The van der Waals surface area contributed by atoms with Crippen LogP contribution < -0.4 is 14.8 Å². The Bertz CT molecular complexity index is 1060. The molecule has 1 amide bonds. The van der Waals surface area contributed by atoms with E-state index in [1.165, 1.54) is 18.0 Å². The average molecular weight is 416 g/mol. The summed E-state index contributed by atoms with van der Waals surface area (Å²) in [5.41, 5.74) is 3.72. The summed E-state index contributed by atoms with van der Waals surface area (Å²) in [4.78, 5) is 20.4. The Morgan fingerprint density at radius 2 is 1.74 bits per heavy atom. The minimum absolute atomic E-state index is 0.0610. The Balaban J connectivity index is 1.55. The van der Waals surface area contributed by atoms with E-state index in [0.717, 1.165) is 30.6 Å². The molecule has 1 N–H and O–H groups in total. The second kappa shape index (κ2) is 10.7. The second-order valence-electron chi connectivity index (χ2n) is 6.97. The van der Waals surface area contributed by atoms with Gasteiger partial charge in [0.05, 0.1) is 44.4 Å².